The molecule has 0 saturated heterocycles. The number of hydrogen-bond donors (Lipinski definition) is 1. The Bertz CT molecular complexity index is 328. The van der Waals surface area contributed by atoms with Crippen molar-refractivity contribution in [3.63, 3.8) is 0 Å². The van der Waals surface area contributed by atoms with Crippen molar-refractivity contribution in [3.05, 3.63) is 29.6 Å². The lowest BCUT2D eigenvalue weighted by atomic mass is 10.1. The van der Waals surface area contributed by atoms with Crippen molar-refractivity contribution in [2.75, 3.05) is 0 Å². The summed E-state index contributed by atoms with van der Waals surface area (Å²) in [5.41, 5.74) is 0.968. The van der Waals surface area contributed by atoms with Crippen molar-refractivity contribution in [2.45, 2.75) is 20.0 Å². The number of carboxylic acid groups (broad SMARTS) is 1. The van der Waals surface area contributed by atoms with Gasteiger partial charge in [-0.15, -0.1) is 0 Å². The van der Waals surface area contributed by atoms with Crippen LogP contribution >= 0.6 is 0 Å². The first-order valence-electron chi connectivity index (χ1n) is 4.37. The monoisotopic (exact) mass is 197 g/mol. The van der Waals surface area contributed by atoms with Gasteiger partial charge >= 0.3 is 5.97 Å². The summed E-state index contributed by atoms with van der Waals surface area (Å²) in [6.45, 7) is 0.988. The lowest BCUT2D eigenvalue weighted by Crippen LogP contribution is -2.13. The Hall–Kier alpha value is -1.45. The van der Waals surface area contributed by atoms with Crippen LogP contribution in [0.4, 0.5) is 4.39 Å². The smallest absolute Gasteiger partial charge is 0.306 e. The highest BCUT2D eigenvalue weighted by Crippen LogP contribution is 2.07. The van der Waals surface area contributed by atoms with Gasteiger partial charge in [-0.05, 0) is 12.1 Å². The van der Waals surface area contributed by atoms with Crippen molar-refractivity contribution in [1.82, 2.24) is 4.98 Å². The van der Waals surface area contributed by atoms with Crippen molar-refractivity contribution >= 4 is 5.97 Å². The number of halogens is 1. The number of aliphatic carboxylic acids is 1. The highest BCUT2D eigenvalue weighted by atomic mass is 19.1. The minimum absolute atomic E-state index is 0.336. The normalized spacial score (nSPS) is 12.4. The number of hydrogen-bond acceptors (Lipinski definition) is 2. The van der Waals surface area contributed by atoms with Crippen LogP contribution in [0.25, 0.3) is 0 Å². The zero-order valence-electron chi connectivity index (χ0n) is 7.90. The molecular weight excluding hydrogens is 185 g/mol. The maximum Gasteiger partial charge on any atom is 0.306 e. The number of alkyl halides is 1. The Balaban J connectivity index is 2.71. The van der Waals surface area contributed by atoms with Gasteiger partial charge in [0.2, 0.25) is 0 Å². The number of carbonyl (C=O) groups is 1. The molecule has 0 fully saturated rings. The van der Waals surface area contributed by atoms with Crippen LogP contribution in [0.1, 0.15) is 18.3 Å². The van der Waals surface area contributed by atoms with E-state index in [2.05, 4.69) is 4.98 Å². The van der Waals surface area contributed by atoms with Gasteiger partial charge in [-0.1, -0.05) is 13.0 Å². The van der Waals surface area contributed by atoms with Gasteiger partial charge in [0, 0.05) is 12.1 Å². The average Bonchev–Trinajstić information content (AvgIpc) is 2.18. The third-order valence-electron chi connectivity index (χ3n) is 1.94. The molecule has 1 aromatic heterocycles. The molecule has 1 rings (SSSR count). The number of pyridine rings is 1. The van der Waals surface area contributed by atoms with Gasteiger partial charge < -0.3 is 5.11 Å². The van der Waals surface area contributed by atoms with E-state index < -0.39 is 18.6 Å². The standard InChI is InChI=1S/C10H12FNO2/c1-7(10(13)14)5-8-3-2-4-9(6-11)12-8/h2-4,7H,5-6H2,1H3,(H,13,14). The fourth-order valence-corrected chi connectivity index (χ4v) is 1.12. The van der Waals surface area contributed by atoms with E-state index >= 15 is 0 Å². The highest BCUT2D eigenvalue weighted by Gasteiger charge is 2.12. The number of carboxylic acids is 1. The molecule has 4 heteroatoms. The lowest BCUT2D eigenvalue weighted by molar-refractivity contribution is -0.141. The van der Waals surface area contributed by atoms with Crippen molar-refractivity contribution < 1.29 is 14.3 Å². The zero-order valence-corrected chi connectivity index (χ0v) is 7.90. The number of rotatable bonds is 4. The van der Waals surface area contributed by atoms with E-state index in [1.165, 1.54) is 0 Å². The van der Waals surface area contributed by atoms with E-state index in [1.54, 1.807) is 25.1 Å². The second-order valence-electron chi connectivity index (χ2n) is 3.20. The topological polar surface area (TPSA) is 50.2 Å². The molecule has 1 N–H and O–H groups in total. The van der Waals surface area contributed by atoms with Gasteiger partial charge in [-0.2, -0.15) is 0 Å². The zero-order chi connectivity index (χ0) is 10.6. The van der Waals surface area contributed by atoms with Crippen molar-refractivity contribution in [1.29, 1.82) is 0 Å². The molecule has 0 bridgehead atoms. The minimum Gasteiger partial charge on any atom is -0.481 e. The van der Waals surface area contributed by atoms with Crippen LogP contribution in [0.5, 0.6) is 0 Å². The molecular formula is C10H12FNO2. The fraction of sp³-hybridized carbons (Fsp3) is 0.400. The summed E-state index contributed by atoms with van der Waals surface area (Å²) in [4.78, 5) is 14.5. The van der Waals surface area contributed by atoms with Crippen LogP contribution in [0.2, 0.25) is 0 Å². The Morgan fingerprint density at radius 3 is 2.79 bits per heavy atom. The summed E-state index contributed by atoms with van der Waals surface area (Å²) in [7, 11) is 0. The Kier molecular flexibility index (Phi) is 3.56. The predicted octanol–water partition coefficient (Wildman–Crippen LogP) is 1.81. The molecule has 14 heavy (non-hydrogen) atoms. The van der Waals surface area contributed by atoms with Crippen LogP contribution in [0.3, 0.4) is 0 Å². The first kappa shape index (κ1) is 10.6. The summed E-state index contributed by atoms with van der Waals surface area (Å²) in [5, 5.41) is 8.67. The second-order valence-corrected chi connectivity index (χ2v) is 3.20. The molecule has 3 nitrogen and oxygen atoms in total. The third-order valence-corrected chi connectivity index (χ3v) is 1.94. The number of aromatic nitrogens is 1. The van der Waals surface area contributed by atoms with Gasteiger partial charge in [0.25, 0.3) is 0 Å². The van der Waals surface area contributed by atoms with E-state index in [1.807, 2.05) is 0 Å². The summed E-state index contributed by atoms with van der Waals surface area (Å²) in [6, 6.07) is 4.97. The molecule has 0 saturated carbocycles. The van der Waals surface area contributed by atoms with Gasteiger partial charge in [0.1, 0.15) is 6.67 Å². The van der Waals surface area contributed by atoms with E-state index in [0.717, 1.165) is 0 Å². The van der Waals surface area contributed by atoms with Crippen molar-refractivity contribution in [3.8, 4) is 0 Å². The first-order valence-corrected chi connectivity index (χ1v) is 4.37. The summed E-state index contributed by atoms with van der Waals surface area (Å²) >= 11 is 0. The van der Waals surface area contributed by atoms with E-state index in [4.69, 9.17) is 5.11 Å². The van der Waals surface area contributed by atoms with Gasteiger partial charge in [-0.3, -0.25) is 9.78 Å². The van der Waals surface area contributed by atoms with Crippen LogP contribution in [0, 0.1) is 5.92 Å². The van der Waals surface area contributed by atoms with E-state index in [0.29, 0.717) is 17.8 Å². The molecule has 1 atom stereocenters. The maximum atomic E-state index is 12.2. The molecule has 1 heterocycles. The summed E-state index contributed by atoms with van der Waals surface area (Å²) < 4.78 is 12.2. The molecule has 1 unspecified atom stereocenters. The van der Waals surface area contributed by atoms with Crippen molar-refractivity contribution in [2.24, 2.45) is 5.92 Å². The largest absolute Gasteiger partial charge is 0.481 e. The molecule has 0 aliphatic heterocycles. The van der Waals surface area contributed by atoms with Gasteiger partial charge in [0.15, 0.2) is 0 Å². The lowest BCUT2D eigenvalue weighted by Gasteiger charge is -2.05. The van der Waals surface area contributed by atoms with Crippen LogP contribution in [0.15, 0.2) is 18.2 Å². The SMILES string of the molecule is CC(Cc1cccc(CF)n1)C(=O)O. The predicted molar refractivity (Wildman–Crippen MR) is 49.6 cm³/mol. The Morgan fingerprint density at radius 2 is 2.21 bits per heavy atom. The van der Waals surface area contributed by atoms with Crippen LogP contribution < -0.4 is 0 Å². The fourth-order valence-electron chi connectivity index (χ4n) is 1.12. The minimum atomic E-state index is -0.863. The molecule has 1 aromatic rings. The molecule has 0 amide bonds. The summed E-state index contributed by atoms with van der Waals surface area (Å²) in [5.74, 6) is -1.35. The first-order chi connectivity index (χ1) is 6.63. The van der Waals surface area contributed by atoms with Crippen LogP contribution in [-0.2, 0) is 17.9 Å². The maximum absolute atomic E-state index is 12.2. The number of nitrogens with zero attached hydrogens (tertiary/aromatic N) is 1. The third kappa shape index (κ3) is 2.80. The molecule has 0 aliphatic rings. The van der Waals surface area contributed by atoms with Crippen LogP contribution in [-0.4, -0.2) is 16.1 Å². The Morgan fingerprint density at radius 1 is 1.57 bits per heavy atom. The highest BCUT2D eigenvalue weighted by molar-refractivity contribution is 5.69. The van der Waals surface area contributed by atoms with Gasteiger partial charge in [0.05, 0.1) is 11.6 Å². The van der Waals surface area contributed by atoms with Gasteiger partial charge in [-0.25, -0.2) is 4.39 Å². The average molecular weight is 197 g/mol. The summed E-state index contributed by atoms with van der Waals surface area (Å²) in [6.07, 6.45) is 0.336. The quantitative estimate of drug-likeness (QED) is 0.800. The van der Waals surface area contributed by atoms with E-state index in [9.17, 15) is 9.18 Å². The van der Waals surface area contributed by atoms with E-state index in [-0.39, 0.29) is 0 Å². The second kappa shape index (κ2) is 4.69. The molecule has 0 radical (unpaired) electrons. The molecule has 0 spiro atoms. The molecule has 76 valence electrons. The molecule has 0 aliphatic carbocycles. The Labute approximate surface area is 81.6 Å². The molecule has 0 aromatic carbocycles.